The van der Waals surface area contributed by atoms with Crippen molar-refractivity contribution in [2.24, 2.45) is 0 Å². The summed E-state index contributed by atoms with van der Waals surface area (Å²) in [5.41, 5.74) is 1.28. The highest BCUT2D eigenvalue weighted by molar-refractivity contribution is 5.88. The number of anilines is 1. The fraction of sp³-hybridized carbons (Fsp3) is 0.360. The summed E-state index contributed by atoms with van der Waals surface area (Å²) in [7, 11) is 0. The van der Waals surface area contributed by atoms with Crippen LogP contribution in [-0.4, -0.2) is 51.7 Å². The molecular weight excluding hydrogens is 390 g/mol. The van der Waals surface area contributed by atoms with Gasteiger partial charge in [-0.15, -0.1) is 0 Å². The Labute approximate surface area is 182 Å². The molecule has 0 spiro atoms. The number of aliphatic hydroxyl groups is 1. The number of ether oxygens (including phenoxy) is 1. The van der Waals surface area contributed by atoms with E-state index in [2.05, 4.69) is 10.3 Å². The molecule has 162 valence electrons. The third kappa shape index (κ3) is 4.80. The summed E-state index contributed by atoms with van der Waals surface area (Å²) in [6.45, 7) is 6.55. The number of aryl methyl sites for hydroxylation is 1. The molecule has 3 aromatic rings. The first-order chi connectivity index (χ1) is 14.8. The van der Waals surface area contributed by atoms with Crippen LogP contribution in [0, 0.1) is 6.92 Å². The Morgan fingerprint density at radius 2 is 1.94 bits per heavy atom. The highest BCUT2D eigenvalue weighted by atomic mass is 16.5. The van der Waals surface area contributed by atoms with Gasteiger partial charge in [-0.25, -0.2) is 0 Å². The predicted octanol–water partition coefficient (Wildman–Crippen LogP) is 3.77. The summed E-state index contributed by atoms with van der Waals surface area (Å²) < 4.78 is 6.06. The van der Waals surface area contributed by atoms with Gasteiger partial charge in [0.05, 0.1) is 6.54 Å². The number of nitrogens with zero attached hydrogens (tertiary/aromatic N) is 2. The van der Waals surface area contributed by atoms with Gasteiger partial charge in [-0.05, 0) is 56.5 Å². The van der Waals surface area contributed by atoms with E-state index in [4.69, 9.17) is 4.74 Å². The lowest BCUT2D eigenvalue weighted by atomic mass is 9.98. The molecule has 0 unspecified atom stereocenters. The molecular formula is C25H29N3O3. The third-order valence-corrected chi connectivity index (χ3v) is 5.75. The zero-order valence-electron chi connectivity index (χ0n) is 18.2. The van der Waals surface area contributed by atoms with Crippen LogP contribution in [0.3, 0.4) is 0 Å². The van der Waals surface area contributed by atoms with Crippen molar-refractivity contribution in [1.82, 2.24) is 9.88 Å². The largest absolute Gasteiger partial charge is 0.488 e. The average molecular weight is 420 g/mol. The van der Waals surface area contributed by atoms with Crippen molar-refractivity contribution in [3.8, 4) is 5.75 Å². The smallest absolute Gasteiger partial charge is 0.247 e. The molecule has 0 radical (unpaired) electrons. The molecule has 2 aromatic carbocycles. The van der Waals surface area contributed by atoms with Crippen LogP contribution in [0.2, 0.25) is 0 Å². The van der Waals surface area contributed by atoms with Crippen LogP contribution in [0.5, 0.6) is 5.75 Å². The van der Waals surface area contributed by atoms with E-state index < -0.39 is 11.6 Å². The Balaban J connectivity index is 1.38. The second-order valence-corrected chi connectivity index (χ2v) is 8.76. The summed E-state index contributed by atoms with van der Waals surface area (Å²) in [6, 6.07) is 15.7. The van der Waals surface area contributed by atoms with Gasteiger partial charge in [-0.2, -0.15) is 0 Å². The number of hydrogen-bond acceptors (Lipinski definition) is 5. The summed E-state index contributed by atoms with van der Waals surface area (Å²) in [5, 5.41) is 16.1. The normalized spacial score (nSPS) is 19.3. The van der Waals surface area contributed by atoms with Crippen LogP contribution in [0.25, 0.3) is 10.8 Å². The number of β-amino-alcohol motifs (C(OH)–C–C–N with tert-alkyl or cyclic N) is 1. The Morgan fingerprint density at radius 3 is 2.68 bits per heavy atom. The quantitative estimate of drug-likeness (QED) is 0.658. The number of fused-ring (bicyclic) bond motifs is 1. The fourth-order valence-electron chi connectivity index (χ4n) is 3.99. The second-order valence-electron chi connectivity index (χ2n) is 8.76. The van der Waals surface area contributed by atoms with Gasteiger partial charge < -0.3 is 20.1 Å². The highest BCUT2D eigenvalue weighted by Gasteiger charge is 2.37. The minimum Gasteiger partial charge on any atom is -0.488 e. The summed E-state index contributed by atoms with van der Waals surface area (Å²) in [6.07, 6.45) is 3.01. The third-order valence-electron chi connectivity index (χ3n) is 5.75. The monoisotopic (exact) mass is 419 g/mol. The van der Waals surface area contributed by atoms with E-state index >= 15 is 0 Å². The number of benzene rings is 2. The molecule has 1 amide bonds. The van der Waals surface area contributed by atoms with Crippen LogP contribution in [-0.2, 0) is 4.79 Å². The number of carbonyl (C=O) groups excluding carboxylic acids is 1. The maximum absolute atomic E-state index is 13.2. The van der Waals surface area contributed by atoms with Gasteiger partial charge in [-0.1, -0.05) is 23.8 Å². The van der Waals surface area contributed by atoms with Crippen molar-refractivity contribution < 1.29 is 14.6 Å². The number of rotatable bonds is 5. The summed E-state index contributed by atoms with van der Waals surface area (Å²) >= 11 is 0. The maximum Gasteiger partial charge on any atom is 0.247 e. The molecule has 6 nitrogen and oxygen atoms in total. The molecule has 1 aliphatic heterocycles. The fourth-order valence-corrected chi connectivity index (χ4v) is 3.99. The second kappa shape index (κ2) is 8.55. The van der Waals surface area contributed by atoms with E-state index in [1.54, 1.807) is 17.3 Å². The van der Waals surface area contributed by atoms with Crippen molar-refractivity contribution in [2.45, 2.75) is 44.9 Å². The van der Waals surface area contributed by atoms with Crippen molar-refractivity contribution in [2.75, 3.05) is 18.4 Å². The lowest BCUT2D eigenvalue weighted by Gasteiger charge is -2.40. The van der Waals surface area contributed by atoms with Gasteiger partial charge in [0.1, 0.15) is 23.5 Å². The Kier molecular flexibility index (Phi) is 5.83. The van der Waals surface area contributed by atoms with Crippen molar-refractivity contribution in [3.63, 3.8) is 0 Å². The number of amides is 1. The van der Waals surface area contributed by atoms with Gasteiger partial charge in [0.25, 0.3) is 0 Å². The first kappa shape index (κ1) is 21.1. The van der Waals surface area contributed by atoms with Gasteiger partial charge in [0.15, 0.2) is 0 Å². The molecule has 1 aliphatic rings. The van der Waals surface area contributed by atoms with Crippen LogP contribution in [0.1, 0.15) is 25.8 Å². The van der Waals surface area contributed by atoms with Gasteiger partial charge in [0, 0.05) is 36.4 Å². The molecule has 31 heavy (non-hydrogen) atoms. The Bertz CT molecular complexity index is 1070. The number of nitrogens with one attached hydrogen (secondary N) is 1. The number of hydrogen-bond donors (Lipinski definition) is 2. The van der Waals surface area contributed by atoms with Gasteiger partial charge in [-0.3, -0.25) is 9.78 Å². The molecule has 1 aromatic heterocycles. The molecule has 0 aliphatic carbocycles. The molecule has 0 saturated carbocycles. The zero-order chi connectivity index (χ0) is 22.0. The van der Waals surface area contributed by atoms with E-state index in [0.29, 0.717) is 18.7 Å². The summed E-state index contributed by atoms with van der Waals surface area (Å²) in [5.74, 6) is 0.660. The van der Waals surface area contributed by atoms with Crippen molar-refractivity contribution in [3.05, 3.63) is 66.5 Å². The lowest BCUT2D eigenvalue weighted by molar-refractivity contribution is -0.140. The Hall–Kier alpha value is -3.12. The summed E-state index contributed by atoms with van der Waals surface area (Å²) in [4.78, 5) is 19.0. The minimum absolute atomic E-state index is 0.0395. The molecule has 4 rings (SSSR count). The highest BCUT2D eigenvalue weighted by Crippen LogP contribution is 2.25. The Morgan fingerprint density at radius 1 is 1.16 bits per heavy atom. The van der Waals surface area contributed by atoms with Gasteiger partial charge >= 0.3 is 0 Å². The van der Waals surface area contributed by atoms with Crippen molar-refractivity contribution in [1.29, 1.82) is 0 Å². The number of pyridine rings is 1. The molecule has 2 N–H and O–H groups in total. The standard InChI is InChI=1S/C25H29N3O3/c1-17-4-7-20(8-5-17)27-25(2,3)24(30)28-13-11-23(22(29)16-28)31-21-9-6-18-10-12-26-15-19(18)14-21/h4-10,12,14-15,22-23,27,29H,11,13,16H2,1-3H3/t22-,23-/m1/s1. The minimum atomic E-state index is -0.784. The molecule has 0 bridgehead atoms. The first-order valence-corrected chi connectivity index (χ1v) is 10.6. The predicted molar refractivity (Wildman–Crippen MR) is 122 cm³/mol. The first-order valence-electron chi connectivity index (χ1n) is 10.6. The van der Waals surface area contributed by atoms with Gasteiger partial charge in [0.2, 0.25) is 5.91 Å². The average Bonchev–Trinajstić information content (AvgIpc) is 2.76. The molecule has 1 saturated heterocycles. The van der Waals surface area contributed by atoms with E-state index in [1.165, 1.54) is 5.56 Å². The molecule has 2 atom stereocenters. The topological polar surface area (TPSA) is 74.7 Å². The van der Waals surface area contributed by atoms with E-state index in [1.807, 2.05) is 69.3 Å². The number of piperidine rings is 1. The lowest BCUT2D eigenvalue weighted by Crippen LogP contribution is -2.57. The van der Waals surface area contributed by atoms with E-state index in [0.717, 1.165) is 16.5 Å². The SMILES string of the molecule is Cc1ccc(NC(C)(C)C(=O)N2CC[C@@H](Oc3ccc4ccncc4c3)[C@H](O)C2)cc1. The number of likely N-dealkylation sites (tertiary alicyclic amines) is 1. The maximum atomic E-state index is 13.2. The van der Waals surface area contributed by atoms with E-state index in [-0.39, 0.29) is 18.6 Å². The van der Waals surface area contributed by atoms with Crippen LogP contribution in [0.4, 0.5) is 5.69 Å². The molecule has 1 fully saturated rings. The van der Waals surface area contributed by atoms with E-state index in [9.17, 15) is 9.90 Å². The zero-order valence-corrected chi connectivity index (χ0v) is 18.2. The van der Waals surface area contributed by atoms with Crippen LogP contribution in [0.15, 0.2) is 60.9 Å². The number of aliphatic hydroxyl groups excluding tert-OH is 1. The number of aromatic nitrogens is 1. The molecule has 2 heterocycles. The molecule has 6 heteroatoms. The number of carbonyl (C=O) groups is 1. The van der Waals surface area contributed by atoms with Crippen molar-refractivity contribution >= 4 is 22.4 Å². The van der Waals surface area contributed by atoms with Crippen LogP contribution < -0.4 is 10.1 Å². The van der Waals surface area contributed by atoms with Crippen LogP contribution >= 0.6 is 0 Å².